The van der Waals surface area contributed by atoms with E-state index in [9.17, 15) is 9.90 Å². The third-order valence-corrected chi connectivity index (χ3v) is 4.49. The summed E-state index contributed by atoms with van der Waals surface area (Å²) in [6, 6.07) is 0. The Labute approximate surface area is 108 Å². The predicted octanol–water partition coefficient (Wildman–Crippen LogP) is -0.0288. The zero-order valence-electron chi connectivity index (χ0n) is 11.1. The molecule has 2 aliphatic heterocycles. The normalized spacial score (nSPS) is 29.3. The van der Waals surface area contributed by atoms with E-state index in [-0.39, 0.29) is 17.9 Å². The largest absolute Gasteiger partial charge is 0.393 e. The number of carbonyl (C=O) groups is 1. The number of amides is 1. The van der Waals surface area contributed by atoms with Gasteiger partial charge in [0.15, 0.2) is 0 Å². The van der Waals surface area contributed by atoms with Crippen LogP contribution in [0.4, 0.5) is 0 Å². The second kappa shape index (κ2) is 5.55. The fourth-order valence-electron chi connectivity index (χ4n) is 2.97. The Morgan fingerprint density at radius 3 is 2.72 bits per heavy atom. The van der Waals surface area contributed by atoms with Crippen molar-refractivity contribution in [2.24, 2.45) is 17.1 Å². The number of nitrogens with two attached hydrogens (primary N) is 1. The molecule has 104 valence electrons. The smallest absolute Gasteiger partial charge is 0.230 e. The molecule has 2 atom stereocenters. The lowest BCUT2D eigenvalue weighted by atomic mass is 9.79. The Kier molecular flexibility index (Phi) is 4.25. The summed E-state index contributed by atoms with van der Waals surface area (Å²) in [6.45, 7) is 4.85. The van der Waals surface area contributed by atoms with Crippen LogP contribution in [0, 0.1) is 11.3 Å². The molecule has 0 bridgehead atoms. The maximum absolute atomic E-state index is 12.6. The van der Waals surface area contributed by atoms with Gasteiger partial charge in [0.05, 0.1) is 11.5 Å². The van der Waals surface area contributed by atoms with Gasteiger partial charge in [-0.2, -0.15) is 0 Å². The van der Waals surface area contributed by atoms with E-state index in [0.717, 1.165) is 25.8 Å². The van der Waals surface area contributed by atoms with Gasteiger partial charge in [0, 0.05) is 38.8 Å². The lowest BCUT2D eigenvalue weighted by Gasteiger charge is -2.37. The highest BCUT2D eigenvalue weighted by molar-refractivity contribution is 5.83. The lowest BCUT2D eigenvalue weighted by molar-refractivity contribution is -0.146. The third-order valence-electron chi connectivity index (χ3n) is 4.49. The Hall–Kier alpha value is -0.650. The molecule has 1 amide bonds. The highest BCUT2D eigenvalue weighted by Gasteiger charge is 2.43. The minimum Gasteiger partial charge on any atom is -0.393 e. The van der Waals surface area contributed by atoms with Crippen molar-refractivity contribution >= 4 is 5.91 Å². The van der Waals surface area contributed by atoms with Crippen LogP contribution >= 0.6 is 0 Å². The van der Waals surface area contributed by atoms with Gasteiger partial charge >= 0.3 is 0 Å². The van der Waals surface area contributed by atoms with E-state index >= 15 is 0 Å². The lowest BCUT2D eigenvalue weighted by Crippen LogP contribution is -2.50. The van der Waals surface area contributed by atoms with Crippen molar-refractivity contribution in [2.75, 3.05) is 32.8 Å². The van der Waals surface area contributed by atoms with E-state index in [1.165, 1.54) is 0 Å². The quantitative estimate of drug-likeness (QED) is 0.743. The Balaban J connectivity index is 2.02. The third kappa shape index (κ3) is 2.53. The zero-order chi connectivity index (χ0) is 13.2. The van der Waals surface area contributed by atoms with E-state index < -0.39 is 5.41 Å². The van der Waals surface area contributed by atoms with Crippen LogP contribution in [-0.4, -0.2) is 54.9 Å². The number of nitrogens with zero attached hydrogens (tertiary/aromatic N) is 1. The molecule has 0 saturated carbocycles. The van der Waals surface area contributed by atoms with Gasteiger partial charge in [0.25, 0.3) is 0 Å². The summed E-state index contributed by atoms with van der Waals surface area (Å²) in [4.78, 5) is 14.5. The maximum Gasteiger partial charge on any atom is 0.230 e. The SMILES string of the molecule is CC(O)C1CCN(C(=O)C2(CN)CCOCC2)C1. The number of likely N-dealkylation sites (tertiary alicyclic amines) is 1. The molecule has 2 rings (SSSR count). The van der Waals surface area contributed by atoms with Crippen molar-refractivity contribution in [2.45, 2.75) is 32.3 Å². The second-order valence-corrected chi connectivity index (χ2v) is 5.64. The summed E-state index contributed by atoms with van der Waals surface area (Å²) in [7, 11) is 0. The van der Waals surface area contributed by atoms with E-state index in [4.69, 9.17) is 10.5 Å². The van der Waals surface area contributed by atoms with Gasteiger partial charge in [0.2, 0.25) is 5.91 Å². The summed E-state index contributed by atoms with van der Waals surface area (Å²) in [6.07, 6.45) is 1.99. The average Bonchev–Trinajstić information content (AvgIpc) is 2.88. The zero-order valence-corrected chi connectivity index (χ0v) is 11.1. The first-order valence-corrected chi connectivity index (χ1v) is 6.84. The molecule has 3 N–H and O–H groups in total. The molecular weight excluding hydrogens is 232 g/mol. The van der Waals surface area contributed by atoms with Crippen LogP contribution in [0.25, 0.3) is 0 Å². The van der Waals surface area contributed by atoms with Gasteiger partial charge in [-0.15, -0.1) is 0 Å². The number of carbonyl (C=O) groups excluding carboxylic acids is 1. The summed E-state index contributed by atoms with van der Waals surface area (Å²) in [5.74, 6) is 0.375. The molecule has 2 fully saturated rings. The molecule has 2 heterocycles. The minimum atomic E-state index is -0.425. The number of aliphatic hydroxyl groups is 1. The van der Waals surface area contributed by atoms with E-state index in [2.05, 4.69) is 0 Å². The molecule has 2 unspecified atom stereocenters. The van der Waals surface area contributed by atoms with Crippen LogP contribution in [0.3, 0.4) is 0 Å². The van der Waals surface area contributed by atoms with Crippen molar-refractivity contribution in [3.8, 4) is 0 Å². The topological polar surface area (TPSA) is 75.8 Å². The average molecular weight is 256 g/mol. The van der Waals surface area contributed by atoms with Crippen LogP contribution < -0.4 is 5.73 Å². The van der Waals surface area contributed by atoms with Crippen LogP contribution in [-0.2, 0) is 9.53 Å². The Morgan fingerprint density at radius 1 is 1.56 bits per heavy atom. The Morgan fingerprint density at radius 2 is 2.22 bits per heavy atom. The molecule has 5 nitrogen and oxygen atoms in total. The first-order valence-electron chi connectivity index (χ1n) is 6.84. The van der Waals surface area contributed by atoms with Gasteiger partial charge in [-0.3, -0.25) is 4.79 Å². The van der Waals surface area contributed by atoms with Crippen molar-refractivity contribution in [3.05, 3.63) is 0 Å². The summed E-state index contributed by atoms with van der Waals surface area (Å²) < 4.78 is 5.33. The molecule has 0 spiro atoms. The molecule has 2 aliphatic rings. The number of hydrogen-bond donors (Lipinski definition) is 2. The molecule has 5 heteroatoms. The number of aliphatic hydroxyl groups excluding tert-OH is 1. The molecule has 0 aliphatic carbocycles. The fourth-order valence-corrected chi connectivity index (χ4v) is 2.97. The summed E-state index contributed by atoms with van der Waals surface area (Å²) in [5.41, 5.74) is 5.42. The molecule has 18 heavy (non-hydrogen) atoms. The van der Waals surface area contributed by atoms with Crippen LogP contribution in [0.2, 0.25) is 0 Å². The molecule has 0 aromatic heterocycles. The Bertz CT molecular complexity index is 301. The molecular formula is C13H24N2O3. The minimum absolute atomic E-state index is 0.163. The maximum atomic E-state index is 12.6. The highest BCUT2D eigenvalue weighted by atomic mass is 16.5. The van der Waals surface area contributed by atoms with Gasteiger partial charge in [-0.25, -0.2) is 0 Å². The first-order chi connectivity index (χ1) is 8.59. The highest BCUT2D eigenvalue weighted by Crippen LogP contribution is 2.34. The fraction of sp³-hybridized carbons (Fsp3) is 0.923. The summed E-state index contributed by atoms with van der Waals surface area (Å²) >= 11 is 0. The van der Waals surface area contributed by atoms with Gasteiger partial charge < -0.3 is 20.5 Å². The number of ether oxygens (including phenoxy) is 1. The first kappa shape index (κ1) is 13.8. The van der Waals surface area contributed by atoms with Crippen LogP contribution in [0.15, 0.2) is 0 Å². The van der Waals surface area contributed by atoms with Crippen LogP contribution in [0.5, 0.6) is 0 Å². The standard InChI is InChI=1S/C13H24N2O3/c1-10(16)11-2-5-15(8-11)12(17)13(9-14)3-6-18-7-4-13/h10-11,16H,2-9,14H2,1H3. The summed E-state index contributed by atoms with van der Waals surface area (Å²) in [5, 5.41) is 9.60. The van der Waals surface area contributed by atoms with Crippen molar-refractivity contribution in [3.63, 3.8) is 0 Å². The number of rotatable bonds is 3. The monoisotopic (exact) mass is 256 g/mol. The van der Waals surface area contributed by atoms with Crippen molar-refractivity contribution in [1.29, 1.82) is 0 Å². The molecule has 0 radical (unpaired) electrons. The van der Waals surface area contributed by atoms with Gasteiger partial charge in [0.1, 0.15) is 0 Å². The molecule has 0 aromatic rings. The van der Waals surface area contributed by atoms with E-state index in [1.54, 1.807) is 6.92 Å². The predicted molar refractivity (Wildman–Crippen MR) is 67.9 cm³/mol. The van der Waals surface area contributed by atoms with Gasteiger partial charge in [-0.1, -0.05) is 0 Å². The number of hydrogen-bond acceptors (Lipinski definition) is 4. The molecule has 2 saturated heterocycles. The van der Waals surface area contributed by atoms with E-state index in [0.29, 0.717) is 26.3 Å². The van der Waals surface area contributed by atoms with E-state index in [1.807, 2.05) is 4.90 Å². The van der Waals surface area contributed by atoms with Gasteiger partial charge in [-0.05, 0) is 26.2 Å². The van der Waals surface area contributed by atoms with Crippen molar-refractivity contribution < 1.29 is 14.6 Å². The second-order valence-electron chi connectivity index (χ2n) is 5.64. The van der Waals surface area contributed by atoms with Crippen molar-refractivity contribution in [1.82, 2.24) is 4.90 Å². The van der Waals surface area contributed by atoms with Crippen LogP contribution in [0.1, 0.15) is 26.2 Å². The molecule has 0 aromatic carbocycles.